The highest BCUT2D eigenvalue weighted by atomic mass is 35.5. The van der Waals surface area contributed by atoms with Gasteiger partial charge in [-0.25, -0.2) is 0 Å². The van der Waals surface area contributed by atoms with E-state index in [0.717, 1.165) is 55.0 Å². The number of anilines is 1. The number of rotatable bonds is 6. The van der Waals surface area contributed by atoms with Gasteiger partial charge in [0.2, 0.25) is 0 Å². The fraction of sp³-hybridized carbons (Fsp3) is 0.350. The Bertz CT molecular complexity index is 697. The van der Waals surface area contributed by atoms with Crippen LogP contribution < -0.4 is 4.90 Å². The highest BCUT2D eigenvalue weighted by Gasteiger charge is 2.23. The van der Waals surface area contributed by atoms with E-state index in [-0.39, 0.29) is 0 Å². The average Bonchev–Trinajstić information content (AvgIpc) is 2.63. The van der Waals surface area contributed by atoms with Crippen LogP contribution in [0.1, 0.15) is 12.0 Å². The molecule has 0 saturated heterocycles. The molecule has 1 aliphatic heterocycles. The summed E-state index contributed by atoms with van der Waals surface area (Å²) in [6.45, 7) is 3.70. The Kier molecular flexibility index (Phi) is 6.08. The predicted octanol–water partition coefficient (Wildman–Crippen LogP) is 3.78. The number of halogens is 1. The highest BCUT2D eigenvalue weighted by Crippen LogP contribution is 2.23. The normalized spacial score (nSPS) is 15.5. The molecule has 0 N–H and O–H groups in total. The lowest BCUT2D eigenvalue weighted by molar-refractivity contribution is 0.261. The molecule has 1 heterocycles. The van der Waals surface area contributed by atoms with E-state index in [4.69, 9.17) is 16.6 Å². The summed E-state index contributed by atoms with van der Waals surface area (Å²) in [5, 5.41) is 0.752. The molecule has 1 aliphatic rings. The lowest BCUT2D eigenvalue weighted by atomic mass is 10.1. The molecule has 3 rings (SSSR count). The minimum absolute atomic E-state index is 0.738. The van der Waals surface area contributed by atoms with Crippen LogP contribution in [0.25, 0.3) is 0 Å². The average molecular weight is 357 g/mol. The van der Waals surface area contributed by atoms with Crippen molar-refractivity contribution in [1.82, 2.24) is 9.80 Å². The zero-order chi connectivity index (χ0) is 17.6. The summed E-state index contributed by atoms with van der Waals surface area (Å²) < 4.78 is 0. The van der Waals surface area contributed by atoms with Crippen LogP contribution in [0, 0.1) is 0 Å². The molecule has 25 heavy (non-hydrogen) atoms. The van der Waals surface area contributed by atoms with Crippen LogP contribution in [0.5, 0.6) is 0 Å². The summed E-state index contributed by atoms with van der Waals surface area (Å²) in [6.07, 6.45) is 1.14. The monoisotopic (exact) mass is 356 g/mol. The van der Waals surface area contributed by atoms with E-state index in [9.17, 15) is 0 Å². The Hall–Kier alpha value is -1.88. The third kappa shape index (κ3) is 4.82. The molecule has 0 aromatic heterocycles. The van der Waals surface area contributed by atoms with Crippen LogP contribution in [0.15, 0.2) is 59.6 Å². The molecule has 0 spiro atoms. The van der Waals surface area contributed by atoms with Gasteiger partial charge in [0, 0.05) is 22.8 Å². The van der Waals surface area contributed by atoms with Crippen molar-refractivity contribution in [1.29, 1.82) is 0 Å². The lowest BCUT2D eigenvalue weighted by Crippen LogP contribution is -2.47. The van der Waals surface area contributed by atoms with Crippen molar-refractivity contribution in [2.45, 2.75) is 6.42 Å². The Morgan fingerprint density at radius 1 is 1.04 bits per heavy atom. The lowest BCUT2D eigenvalue weighted by Gasteiger charge is -2.36. The zero-order valence-corrected chi connectivity index (χ0v) is 15.7. The second-order valence-corrected chi connectivity index (χ2v) is 7.02. The van der Waals surface area contributed by atoms with E-state index < -0.39 is 0 Å². The van der Waals surface area contributed by atoms with Gasteiger partial charge in [-0.2, -0.15) is 0 Å². The van der Waals surface area contributed by atoms with Gasteiger partial charge in [0.25, 0.3) is 0 Å². The maximum absolute atomic E-state index is 6.07. The maximum Gasteiger partial charge on any atom is 0.137 e. The standard InChI is InChI=1S/C20H25ClN4/c1-23(2)13-6-14-24-15-22-20(17-7-4-3-5-8-17)25(16-24)19-11-9-18(21)10-12-19/h3-5,7-12H,6,13-16H2,1-2H3. The second-order valence-electron chi connectivity index (χ2n) is 6.59. The first kappa shape index (κ1) is 17.9. The van der Waals surface area contributed by atoms with E-state index in [1.807, 2.05) is 18.2 Å². The molecular weight excluding hydrogens is 332 g/mol. The fourth-order valence-corrected chi connectivity index (χ4v) is 3.10. The molecular formula is C20H25ClN4. The third-order valence-corrected chi connectivity index (χ3v) is 4.52. The van der Waals surface area contributed by atoms with Crippen molar-refractivity contribution in [2.24, 2.45) is 4.99 Å². The summed E-state index contributed by atoms with van der Waals surface area (Å²) in [7, 11) is 4.23. The number of amidine groups is 1. The Labute approximate surface area is 155 Å². The first-order valence-electron chi connectivity index (χ1n) is 8.63. The number of benzene rings is 2. The van der Waals surface area contributed by atoms with Gasteiger partial charge in [0.05, 0.1) is 13.3 Å². The van der Waals surface area contributed by atoms with Crippen LogP contribution in [0.2, 0.25) is 5.02 Å². The summed E-state index contributed by atoms with van der Waals surface area (Å²) in [6, 6.07) is 18.4. The smallest absolute Gasteiger partial charge is 0.137 e. The van der Waals surface area contributed by atoms with Gasteiger partial charge in [-0.05, 0) is 51.3 Å². The van der Waals surface area contributed by atoms with E-state index in [2.05, 4.69) is 65.2 Å². The Morgan fingerprint density at radius 2 is 1.76 bits per heavy atom. The quantitative estimate of drug-likeness (QED) is 0.786. The summed E-state index contributed by atoms with van der Waals surface area (Å²) >= 11 is 6.07. The molecule has 0 saturated carbocycles. The molecule has 0 fully saturated rings. The summed E-state index contributed by atoms with van der Waals surface area (Å²) in [5.41, 5.74) is 2.26. The predicted molar refractivity (Wildman–Crippen MR) is 107 cm³/mol. The molecule has 0 bridgehead atoms. The van der Waals surface area contributed by atoms with Gasteiger partial charge >= 0.3 is 0 Å². The topological polar surface area (TPSA) is 22.1 Å². The molecule has 2 aromatic carbocycles. The fourth-order valence-electron chi connectivity index (χ4n) is 2.98. The molecule has 0 amide bonds. The van der Waals surface area contributed by atoms with Gasteiger partial charge in [-0.3, -0.25) is 9.89 Å². The number of aliphatic imine (C=N–C) groups is 1. The molecule has 0 aliphatic carbocycles. The van der Waals surface area contributed by atoms with Gasteiger partial charge in [-0.15, -0.1) is 0 Å². The van der Waals surface area contributed by atoms with E-state index in [1.54, 1.807) is 0 Å². The van der Waals surface area contributed by atoms with Gasteiger partial charge in [0.1, 0.15) is 5.84 Å². The van der Waals surface area contributed by atoms with Crippen molar-refractivity contribution in [2.75, 3.05) is 45.4 Å². The Morgan fingerprint density at radius 3 is 2.44 bits per heavy atom. The summed E-state index contributed by atoms with van der Waals surface area (Å²) in [4.78, 5) is 11.8. The van der Waals surface area contributed by atoms with Crippen molar-refractivity contribution in [3.8, 4) is 0 Å². The zero-order valence-electron chi connectivity index (χ0n) is 14.9. The van der Waals surface area contributed by atoms with Gasteiger partial charge < -0.3 is 9.80 Å². The first-order chi connectivity index (χ1) is 12.1. The largest absolute Gasteiger partial charge is 0.313 e. The minimum atomic E-state index is 0.738. The maximum atomic E-state index is 6.07. The van der Waals surface area contributed by atoms with Crippen LogP contribution in [-0.4, -0.2) is 56.2 Å². The van der Waals surface area contributed by atoms with Crippen molar-refractivity contribution >= 4 is 23.1 Å². The molecule has 0 atom stereocenters. The van der Waals surface area contributed by atoms with Gasteiger partial charge in [0.15, 0.2) is 0 Å². The van der Waals surface area contributed by atoms with Crippen LogP contribution in [0.3, 0.4) is 0 Å². The SMILES string of the molecule is CN(C)CCCN1CN=C(c2ccccc2)N(c2ccc(Cl)cc2)C1. The van der Waals surface area contributed by atoms with Crippen molar-refractivity contribution < 1.29 is 0 Å². The van der Waals surface area contributed by atoms with Crippen LogP contribution in [-0.2, 0) is 0 Å². The number of nitrogens with zero attached hydrogens (tertiary/aromatic N) is 4. The van der Waals surface area contributed by atoms with Crippen LogP contribution in [0.4, 0.5) is 5.69 Å². The van der Waals surface area contributed by atoms with E-state index >= 15 is 0 Å². The number of hydrogen-bond donors (Lipinski definition) is 0. The molecule has 0 radical (unpaired) electrons. The second kappa shape index (κ2) is 8.48. The molecule has 2 aromatic rings. The molecule has 5 heteroatoms. The minimum Gasteiger partial charge on any atom is -0.313 e. The van der Waals surface area contributed by atoms with Gasteiger partial charge in [-0.1, -0.05) is 41.9 Å². The third-order valence-electron chi connectivity index (χ3n) is 4.27. The van der Waals surface area contributed by atoms with E-state index in [1.165, 1.54) is 0 Å². The Balaban J connectivity index is 1.82. The number of hydrogen-bond acceptors (Lipinski definition) is 4. The van der Waals surface area contributed by atoms with Crippen LogP contribution >= 0.6 is 11.6 Å². The summed E-state index contributed by atoms with van der Waals surface area (Å²) in [5.74, 6) is 1.02. The first-order valence-corrected chi connectivity index (χ1v) is 9.01. The highest BCUT2D eigenvalue weighted by molar-refractivity contribution is 6.30. The van der Waals surface area contributed by atoms with E-state index in [0.29, 0.717) is 0 Å². The van der Waals surface area contributed by atoms with Crippen molar-refractivity contribution in [3.63, 3.8) is 0 Å². The molecule has 4 nitrogen and oxygen atoms in total. The molecule has 132 valence electrons. The van der Waals surface area contributed by atoms with Crippen molar-refractivity contribution in [3.05, 3.63) is 65.2 Å². The molecule has 0 unspecified atom stereocenters.